The van der Waals surface area contributed by atoms with Crippen LogP contribution < -0.4 is 5.73 Å². The van der Waals surface area contributed by atoms with E-state index in [9.17, 15) is 4.79 Å². The normalized spacial score (nSPS) is 10.8. The number of carbonyl (C=O) groups is 1. The van der Waals surface area contributed by atoms with Crippen LogP contribution in [0.25, 0.3) is 11.0 Å². The molecule has 90 valence electrons. The summed E-state index contributed by atoms with van der Waals surface area (Å²) in [6, 6.07) is 5.62. The van der Waals surface area contributed by atoms with Gasteiger partial charge < -0.3 is 14.9 Å². The lowest BCUT2D eigenvalue weighted by atomic mass is 10.1. The molecule has 2 aromatic rings. The highest BCUT2D eigenvalue weighted by molar-refractivity contribution is 5.97. The summed E-state index contributed by atoms with van der Waals surface area (Å²) < 4.78 is 10.5. The van der Waals surface area contributed by atoms with E-state index in [2.05, 4.69) is 0 Å². The van der Waals surface area contributed by atoms with Gasteiger partial charge in [-0.05, 0) is 25.5 Å². The number of aryl methyl sites for hydroxylation is 1. The first kappa shape index (κ1) is 11.7. The third-order valence-electron chi connectivity index (χ3n) is 2.72. The zero-order valence-corrected chi connectivity index (χ0v) is 9.95. The Kier molecular flexibility index (Phi) is 3.15. The van der Waals surface area contributed by atoms with E-state index in [0.717, 1.165) is 16.5 Å². The summed E-state index contributed by atoms with van der Waals surface area (Å²) in [5, 5.41) is 0.915. The van der Waals surface area contributed by atoms with Crippen LogP contribution in [0.3, 0.4) is 0 Å². The van der Waals surface area contributed by atoms with Gasteiger partial charge in [0.25, 0.3) is 0 Å². The molecule has 4 heteroatoms. The van der Waals surface area contributed by atoms with Gasteiger partial charge in [0.15, 0.2) is 0 Å². The molecule has 0 atom stereocenters. The van der Waals surface area contributed by atoms with E-state index in [4.69, 9.17) is 14.9 Å². The van der Waals surface area contributed by atoms with E-state index < -0.39 is 5.97 Å². The third kappa shape index (κ3) is 1.91. The molecular weight excluding hydrogens is 218 g/mol. The SMILES string of the molecule is CCOC(=O)c1oc2cccc(CN)c2c1C. The van der Waals surface area contributed by atoms with Crippen LogP contribution in [0.15, 0.2) is 22.6 Å². The molecule has 0 radical (unpaired) electrons. The minimum Gasteiger partial charge on any atom is -0.460 e. The molecule has 0 aliphatic carbocycles. The molecule has 0 amide bonds. The lowest BCUT2D eigenvalue weighted by molar-refractivity contribution is 0.0491. The van der Waals surface area contributed by atoms with Crippen molar-refractivity contribution in [1.29, 1.82) is 0 Å². The zero-order chi connectivity index (χ0) is 12.4. The molecule has 4 nitrogen and oxygen atoms in total. The number of benzene rings is 1. The van der Waals surface area contributed by atoms with Crippen molar-refractivity contribution in [3.63, 3.8) is 0 Å². The first-order valence-electron chi connectivity index (χ1n) is 5.57. The summed E-state index contributed by atoms with van der Waals surface area (Å²) in [6.45, 7) is 4.36. The summed E-state index contributed by atoms with van der Waals surface area (Å²) in [5.74, 6) is -0.160. The number of rotatable bonds is 3. The van der Waals surface area contributed by atoms with Gasteiger partial charge in [-0.25, -0.2) is 4.79 Å². The van der Waals surface area contributed by atoms with Crippen LogP contribution >= 0.6 is 0 Å². The summed E-state index contributed by atoms with van der Waals surface area (Å²) in [7, 11) is 0. The molecule has 2 rings (SSSR count). The largest absolute Gasteiger partial charge is 0.460 e. The summed E-state index contributed by atoms with van der Waals surface area (Å²) in [4.78, 5) is 11.7. The highest BCUT2D eigenvalue weighted by Gasteiger charge is 2.19. The maximum absolute atomic E-state index is 11.7. The lowest BCUT2D eigenvalue weighted by Gasteiger charge is -1.99. The Morgan fingerprint density at radius 2 is 2.24 bits per heavy atom. The van der Waals surface area contributed by atoms with Crippen LogP contribution in [0, 0.1) is 6.92 Å². The molecule has 0 saturated carbocycles. The minimum absolute atomic E-state index is 0.266. The standard InChI is InChI=1S/C13H15NO3/c1-3-16-13(15)12-8(2)11-9(7-14)5-4-6-10(11)17-12/h4-6H,3,7,14H2,1-2H3. The molecule has 0 fully saturated rings. The topological polar surface area (TPSA) is 65.5 Å². The number of hydrogen-bond acceptors (Lipinski definition) is 4. The maximum atomic E-state index is 11.7. The fourth-order valence-corrected chi connectivity index (χ4v) is 1.95. The molecule has 0 saturated heterocycles. The van der Waals surface area contributed by atoms with Crippen molar-refractivity contribution in [3.05, 3.63) is 35.1 Å². The van der Waals surface area contributed by atoms with Crippen molar-refractivity contribution >= 4 is 16.9 Å². The molecule has 17 heavy (non-hydrogen) atoms. The monoisotopic (exact) mass is 233 g/mol. The molecular formula is C13H15NO3. The van der Waals surface area contributed by atoms with Crippen LogP contribution in [0.1, 0.15) is 28.6 Å². The number of nitrogens with two attached hydrogens (primary N) is 1. The number of furan rings is 1. The van der Waals surface area contributed by atoms with Gasteiger partial charge in [0.2, 0.25) is 5.76 Å². The molecule has 1 heterocycles. The fraction of sp³-hybridized carbons (Fsp3) is 0.308. The number of hydrogen-bond donors (Lipinski definition) is 1. The van der Waals surface area contributed by atoms with Crippen molar-refractivity contribution in [3.8, 4) is 0 Å². The van der Waals surface area contributed by atoms with E-state index >= 15 is 0 Å². The van der Waals surface area contributed by atoms with Crippen LogP contribution in [0.5, 0.6) is 0 Å². The molecule has 1 aromatic carbocycles. The van der Waals surface area contributed by atoms with Crippen molar-refractivity contribution in [2.45, 2.75) is 20.4 Å². The van der Waals surface area contributed by atoms with Crippen LogP contribution in [-0.2, 0) is 11.3 Å². The molecule has 1 aromatic heterocycles. The summed E-state index contributed by atoms with van der Waals surface area (Å²) in [6.07, 6.45) is 0. The Morgan fingerprint density at radius 1 is 1.47 bits per heavy atom. The van der Waals surface area contributed by atoms with Crippen molar-refractivity contribution in [2.75, 3.05) is 6.61 Å². The van der Waals surface area contributed by atoms with Gasteiger partial charge in [0, 0.05) is 17.5 Å². The lowest BCUT2D eigenvalue weighted by Crippen LogP contribution is -2.04. The quantitative estimate of drug-likeness (QED) is 0.826. The number of carbonyl (C=O) groups excluding carboxylic acids is 1. The third-order valence-corrected chi connectivity index (χ3v) is 2.72. The van der Waals surface area contributed by atoms with Crippen LogP contribution in [0.2, 0.25) is 0 Å². The van der Waals surface area contributed by atoms with Gasteiger partial charge in [-0.2, -0.15) is 0 Å². The molecule has 0 aliphatic heterocycles. The average Bonchev–Trinajstić information content (AvgIpc) is 2.67. The van der Waals surface area contributed by atoms with Gasteiger partial charge in [0.1, 0.15) is 5.58 Å². The van der Waals surface area contributed by atoms with Crippen molar-refractivity contribution < 1.29 is 13.9 Å². The Bertz CT molecular complexity index is 557. The van der Waals surface area contributed by atoms with Gasteiger partial charge in [-0.3, -0.25) is 0 Å². The van der Waals surface area contributed by atoms with Crippen molar-refractivity contribution in [1.82, 2.24) is 0 Å². The maximum Gasteiger partial charge on any atom is 0.374 e. The Balaban J connectivity index is 2.61. The number of esters is 1. The second kappa shape index (κ2) is 4.59. The van der Waals surface area contributed by atoms with E-state index in [1.165, 1.54) is 0 Å². The van der Waals surface area contributed by atoms with Crippen LogP contribution in [0.4, 0.5) is 0 Å². The van der Waals surface area contributed by atoms with Gasteiger partial charge in [-0.1, -0.05) is 12.1 Å². The smallest absolute Gasteiger partial charge is 0.374 e. The highest BCUT2D eigenvalue weighted by atomic mass is 16.5. The Labute approximate surface area is 99.3 Å². The van der Waals surface area contributed by atoms with Crippen molar-refractivity contribution in [2.24, 2.45) is 5.73 Å². The predicted molar refractivity (Wildman–Crippen MR) is 64.8 cm³/mol. The van der Waals surface area contributed by atoms with Gasteiger partial charge >= 0.3 is 5.97 Å². The molecule has 2 N–H and O–H groups in total. The first-order valence-corrected chi connectivity index (χ1v) is 5.57. The minimum atomic E-state index is -0.427. The fourth-order valence-electron chi connectivity index (χ4n) is 1.95. The molecule has 0 aliphatic rings. The summed E-state index contributed by atoms with van der Waals surface area (Å²) in [5.41, 5.74) is 8.11. The second-order valence-electron chi connectivity index (χ2n) is 3.77. The van der Waals surface area contributed by atoms with E-state index in [-0.39, 0.29) is 5.76 Å². The Morgan fingerprint density at radius 3 is 2.88 bits per heavy atom. The van der Waals surface area contributed by atoms with E-state index in [1.807, 2.05) is 25.1 Å². The van der Waals surface area contributed by atoms with Gasteiger partial charge in [-0.15, -0.1) is 0 Å². The highest BCUT2D eigenvalue weighted by Crippen LogP contribution is 2.28. The zero-order valence-electron chi connectivity index (χ0n) is 9.95. The van der Waals surface area contributed by atoms with E-state index in [0.29, 0.717) is 18.7 Å². The second-order valence-corrected chi connectivity index (χ2v) is 3.77. The molecule has 0 spiro atoms. The van der Waals surface area contributed by atoms with Crippen LogP contribution in [-0.4, -0.2) is 12.6 Å². The molecule has 0 unspecified atom stereocenters. The van der Waals surface area contributed by atoms with Gasteiger partial charge in [0.05, 0.1) is 6.61 Å². The molecule has 0 bridgehead atoms. The average molecular weight is 233 g/mol. The first-order chi connectivity index (χ1) is 8.19. The van der Waals surface area contributed by atoms with E-state index in [1.54, 1.807) is 6.92 Å². The summed E-state index contributed by atoms with van der Waals surface area (Å²) >= 11 is 0. The number of ether oxygens (including phenoxy) is 1. The number of fused-ring (bicyclic) bond motifs is 1. The Hall–Kier alpha value is -1.81. The predicted octanol–water partition coefficient (Wildman–Crippen LogP) is 2.38.